The normalized spacial score (nSPS) is 10.7. The summed E-state index contributed by atoms with van der Waals surface area (Å²) in [6, 6.07) is 13.8. The highest BCUT2D eigenvalue weighted by Gasteiger charge is 2.22. The van der Waals surface area contributed by atoms with Crippen molar-refractivity contribution in [2.45, 2.75) is 6.92 Å². The lowest BCUT2D eigenvalue weighted by molar-refractivity contribution is 0.629. The maximum absolute atomic E-state index is 13.8. The van der Waals surface area contributed by atoms with Gasteiger partial charge in [-0.25, -0.2) is 19.3 Å². The molecule has 0 saturated heterocycles. The van der Waals surface area contributed by atoms with Gasteiger partial charge in [-0.15, -0.1) is 0 Å². The van der Waals surface area contributed by atoms with Crippen molar-refractivity contribution in [2.75, 3.05) is 17.2 Å². The minimum atomic E-state index is -0.346. The molecule has 0 unspecified atom stereocenters. The van der Waals surface area contributed by atoms with Gasteiger partial charge in [0, 0.05) is 23.7 Å². The van der Waals surface area contributed by atoms with Crippen LogP contribution in [0.25, 0.3) is 22.2 Å². The first-order valence-corrected chi connectivity index (χ1v) is 8.92. The third-order valence-electron chi connectivity index (χ3n) is 4.49. The smallest absolute Gasteiger partial charge is 0.157 e. The van der Waals surface area contributed by atoms with Crippen molar-refractivity contribution in [1.29, 1.82) is 5.26 Å². The maximum Gasteiger partial charge on any atom is 0.157 e. The number of hydrogen-bond donors (Lipinski definition) is 1. The van der Waals surface area contributed by atoms with Gasteiger partial charge in [0.15, 0.2) is 5.82 Å². The van der Waals surface area contributed by atoms with Crippen LogP contribution in [0.5, 0.6) is 0 Å². The number of nitrogen functional groups attached to an aromatic ring is 1. The van der Waals surface area contributed by atoms with Gasteiger partial charge in [-0.05, 0) is 43.3 Å². The van der Waals surface area contributed by atoms with Gasteiger partial charge in [0.25, 0.3) is 0 Å². The van der Waals surface area contributed by atoms with Crippen molar-refractivity contribution >= 4 is 28.4 Å². The molecule has 2 N–H and O–H groups in total. The lowest BCUT2D eigenvalue weighted by Crippen LogP contribution is -2.22. The molecule has 0 bridgehead atoms. The minimum absolute atomic E-state index is 0.0956. The summed E-state index contributed by atoms with van der Waals surface area (Å²) in [5.74, 6) is 0.647. The highest BCUT2D eigenvalue weighted by molar-refractivity contribution is 5.90. The van der Waals surface area contributed by atoms with Gasteiger partial charge < -0.3 is 10.6 Å². The van der Waals surface area contributed by atoms with Crippen LogP contribution in [0.15, 0.2) is 55.0 Å². The van der Waals surface area contributed by atoms with Gasteiger partial charge >= 0.3 is 0 Å². The SMILES string of the molecule is CCN(c1nc2ccc(F)cc2cc1-c1ccccn1)c1ncnc(N)c1C#N. The van der Waals surface area contributed by atoms with Crippen LogP contribution in [0.1, 0.15) is 12.5 Å². The number of nitriles is 1. The number of nitrogens with zero attached hydrogens (tertiary/aromatic N) is 6. The second-order valence-electron chi connectivity index (χ2n) is 6.23. The number of anilines is 3. The average molecular weight is 385 g/mol. The van der Waals surface area contributed by atoms with E-state index in [1.54, 1.807) is 17.2 Å². The van der Waals surface area contributed by atoms with E-state index >= 15 is 0 Å². The van der Waals surface area contributed by atoms with Crippen LogP contribution in [0, 0.1) is 17.1 Å². The van der Waals surface area contributed by atoms with E-state index in [4.69, 9.17) is 10.7 Å². The van der Waals surface area contributed by atoms with Crippen LogP contribution in [0.4, 0.5) is 21.8 Å². The third-order valence-corrected chi connectivity index (χ3v) is 4.49. The quantitative estimate of drug-likeness (QED) is 0.569. The standard InChI is InChI=1S/C21H16FN7/c1-2-29(20-16(11-23)19(24)26-12-27-20)21-15(18-5-3-4-8-25-18)10-13-9-14(22)6-7-17(13)28-21/h3-10,12H,2H2,1H3,(H2,24,26,27). The Morgan fingerprint density at radius 2 is 1.97 bits per heavy atom. The Balaban J connectivity index is 2.02. The first-order chi connectivity index (χ1) is 14.1. The molecule has 142 valence electrons. The molecule has 4 rings (SSSR count). The lowest BCUT2D eigenvalue weighted by Gasteiger charge is -2.25. The first kappa shape index (κ1) is 18.3. The highest BCUT2D eigenvalue weighted by Crippen LogP contribution is 2.36. The fourth-order valence-corrected chi connectivity index (χ4v) is 3.15. The van der Waals surface area contributed by atoms with E-state index < -0.39 is 0 Å². The summed E-state index contributed by atoms with van der Waals surface area (Å²) in [4.78, 5) is 19.1. The molecule has 7 nitrogen and oxygen atoms in total. The molecule has 3 heterocycles. The molecule has 0 fully saturated rings. The summed E-state index contributed by atoms with van der Waals surface area (Å²) >= 11 is 0. The predicted molar refractivity (Wildman–Crippen MR) is 109 cm³/mol. The Labute approximate surface area is 166 Å². The van der Waals surface area contributed by atoms with Crippen LogP contribution in [0.2, 0.25) is 0 Å². The number of nitrogens with two attached hydrogens (primary N) is 1. The van der Waals surface area contributed by atoms with Crippen molar-refractivity contribution < 1.29 is 4.39 Å². The Morgan fingerprint density at radius 3 is 2.69 bits per heavy atom. The zero-order chi connectivity index (χ0) is 20.4. The molecule has 0 aliphatic rings. The van der Waals surface area contributed by atoms with Crippen molar-refractivity contribution in [3.8, 4) is 17.3 Å². The number of hydrogen-bond acceptors (Lipinski definition) is 7. The molecular weight excluding hydrogens is 369 g/mol. The van der Waals surface area contributed by atoms with E-state index in [9.17, 15) is 9.65 Å². The van der Waals surface area contributed by atoms with Gasteiger partial charge in [0.1, 0.15) is 35.4 Å². The van der Waals surface area contributed by atoms with Crippen LogP contribution < -0.4 is 10.6 Å². The first-order valence-electron chi connectivity index (χ1n) is 8.92. The Bertz CT molecular complexity index is 1240. The van der Waals surface area contributed by atoms with E-state index in [0.29, 0.717) is 40.3 Å². The van der Waals surface area contributed by atoms with Crippen LogP contribution in [-0.4, -0.2) is 26.5 Å². The molecule has 0 radical (unpaired) electrons. The molecule has 0 saturated carbocycles. The molecule has 8 heteroatoms. The zero-order valence-corrected chi connectivity index (χ0v) is 15.5. The maximum atomic E-state index is 13.8. The van der Waals surface area contributed by atoms with Gasteiger partial charge in [0.05, 0.1) is 11.2 Å². The van der Waals surface area contributed by atoms with Gasteiger partial charge in [-0.2, -0.15) is 5.26 Å². The Kier molecular flexibility index (Phi) is 4.71. The fraction of sp³-hybridized carbons (Fsp3) is 0.0952. The monoisotopic (exact) mass is 385 g/mol. The Morgan fingerprint density at radius 1 is 1.10 bits per heavy atom. The molecule has 0 atom stereocenters. The van der Waals surface area contributed by atoms with E-state index in [-0.39, 0.29) is 17.2 Å². The van der Waals surface area contributed by atoms with Crippen molar-refractivity contribution in [3.05, 3.63) is 66.4 Å². The molecule has 0 aliphatic heterocycles. The zero-order valence-electron chi connectivity index (χ0n) is 15.5. The number of rotatable bonds is 4. The lowest BCUT2D eigenvalue weighted by atomic mass is 10.1. The van der Waals surface area contributed by atoms with E-state index in [2.05, 4.69) is 21.0 Å². The topological polar surface area (TPSA) is 105 Å². The van der Waals surface area contributed by atoms with Crippen LogP contribution in [0.3, 0.4) is 0 Å². The van der Waals surface area contributed by atoms with E-state index in [0.717, 1.165) is 0 Å². The molecule has 0 aliphatic carbocycles. The average Bonchev–Trinajstić information content (AvgIpc) is 2.74. The number of halogens is 1. The number of fused-ring (bicyclic) bond motifs is 1. The largest absolute Gasteiger partial charge is 0.382 e. The van der Waals surface area contributed by atoms with Crippen LogP contribution in [-0.2, 0) is 0 Å². The highest BCUT2D eigenvalue weighted by atomic mass is 19.1. The molecule has 1 aromatic carbocycles. The molecule has 0 amide bonds. The summed E-state index contributed by atoms with van der Waals surface area (Å²) in [6.07, 6.45) is 2.99. The fourth-order valence-electron chi connectivity index (χ4n) is 3.15. The summed E-state index contributed by atoms with van der Waals surface area (Å²) < 4.78 is 13.8. The summed E-state index contributed by atoms with van der Waals surface area (Å²) in [6.45, 7) is 2.38. The molecular formula is C21H16FN7. The van der Waals surface area contributed by atoms with Crippen molar-refractivity contribution in [2.24, 2.45) is 0 Å². The van der Waals surface area contributed by atoms with Crippen LogP contribution >= 0.6 is 0 Å². The molecule has 3 aromatic heterocycles. The summed E-state index contributed by atoms with van der Waals surface area (Å²) in [5, 5.41) is 10.2. The predicted octanol–water partition coefficient (Wildman–Crippen LogP) is 3.84. The van der Waals surface area contributed by atoms with Gasteiger partial charge in [0.2, 0.25) is 0 Å². The number of pyridine rings is 2. The van der Waals surface area contributed by atoms with Crippen molar-refractivity contribution in [3.63, 3.8) is 0 Å². The number of benzene rings is 1. The third kappa shape index (κ3) is 3.30. The molecule has 29 heavy (non-hydrogen) atoms. The summed E-state index contributed by atoms with van der Waals surface area (Å²) in [7, 11) is 0. The van der Waals surface area contributed by atoms with Crippen molar-refractivity contribution in [1.82, 2.24) is 19.9 Å². The number of aromatic nitrogens is 4. The van der Waals surface area contributed by atoms with Gasteiger partial charge in [-0.3, -0.25) is 4.98 Å². The second kappa shape index (κ2) is 7.48. The summed E-state index contributed by atoms with van der Waals surface area (Å²) in [5.41, 5.74) is 8.02. The minimum Gasteiger partial charge on any atom is -0.382 e. The Hall–Kier alpha value is -4.12. The van der Waals surface area contributed by atoms with E-state index in [1.807, 2.05) is 31.2 Å². The second-order valence-corrected chi connectivity index (χ2v) is 6.23. The molecule has 4 aromatic rings. The van der Waals surface area contributed by atoms with E-state index in [1.165, 1.54) is 18.5 Å². The van der Waals surface area contributed by atoms with Gasteiger partial charge in [-0.1, -0.05) is 6.07 Å². The molecule has 0 spiro atoms.